The minimum atomic E-state index is -1.60. The lowest BCUT2D eigenvalue weighted by Gasteiger charge is -2.06. The number of nitrogens with zero attached hydrogens (tertiary/aromatic N) is 2. The van der Waals surface area contributed by atoms with Crippen molar-refractivity contribution in [3.63, 3.8) is 0 Å². The fourth-order valence-corrected chi connectivity index (χ4v) is 1.83. The third-order valence-corrected chi connectivity index (χ3v) is 2.99. The molecule has 106 valence electrons. The Morgan fingerprint density at radius 3 is 2.20 bits per heavy atom. The van der Waals surface area contributed by atoms with Crippen LogP contribution >= 0.6 is 0 Å². The first-order chi connectivity index (χ1) is 9.31. The number of rotatable bonds is 2. The van der Waals surface area contributed by atoms with Crippen LogP contribution in [0.2, 0.25) is 0 Å². The molecule has 0 saturated heterocycles. The molecule has 0 aliphatic rings. The van der Waals surface area contributed by atoms with E-state index in [2.05, 4.69) is 10.4 Å². The van der Waals surface area contributed by atoms with Gasteiger partial charge in [0.05, 0.1) is 17.1 Å². The molecular weight excluding hydrogens is 271 g/mol. The van der Waals surface area contributed by atoms with E-state index in [0.29, 0.717) is 29.2 Å². The molecule has 20 heavy (non-hydrogen) atoms. The number of benzene rings is 1. The molecule has 0 atom stereocenters. The molecule has 7 heteroatoms. The number of amides is 1. The van der Waals surface area contributed by atoms with Gasteiger partial charge in [0.1, 0.15) is 0 Å². The summed E-state index contributed by atoms with van der Waals surface area (Å²) in [5, 5.41) is 6.61. The van der Waals surface area contributed by atoms with Crippen LogP contribution in [0.3, 0.4) is 0 Å². The van der Waals surface area contributed by atoms with Crippen molar-refractivity contribution in [2.45, 2.75) is 13.8 Å². The molecule has 0 saturated carbocycles. The zero-order chi connectivity index (χ0) is 15.0. The monoisotopic (exact) mass is 283 g/mol. The summed E-state index contributed by atoms with van der Waals surface area (Å²) in [4.78, 5) is 11.9. The maximum Gasteiger partial charge on any atom is 0.255 e. The highest BCUT2D eigenvalue weighted by molar-refractivity contribution is 6.04. The van der Waals surface area contributed by atoms with Gasteiger partial charge in [0.2, 0.25) is 0 Å². The number of aromatic nitrogens is 2. The fourth-order valence-electron chi connectivity index (χ4n) is 1.83. The number of hydrogen-bond donors (Lipinski definition) is 1. The first-order valence-electron chi connectivity index (χ1n) is 5.77. The molecule has 0 bridgehead atoms. The van der Waals surface area contributed by atoms with Crippen LogP contribution in [-0.4, -0.2) is 15.7 Å². The Hall–Kier alpha value is -2.31. The number of carbonyl (C=O) groups is 1. The average molecular weight is 283 g/mol. The summed E-state index contributed by atoms with van der Waals surface area (Å²) in [6, 6.07) is 1.30. The summed E-state index contributed by atoms with van der Waals surface area (Å²) in [6.07, 6.45) is 0. The van der Waals surface area contributed by atoms with Crippen molar-refractivity contribution in [3.05, 3.63) is 46.5 Å². The van der Waals surface area contributed by atoms with Gasteiger partial charge in [-0.2, -0.15) is 5.10 Å². The highest BCUT2D eigenvalue weighted by atomic mass is 19.2. The molecule has 2 rings (SSSR count). The Balaban J connectivity index is 2.33. The topological polar surface area (TPSA) is 46.9 Å². The largest absolute Gasteiger partial charge is 0.319 e. The summed E-state index contributed by atoms with van der Waals surface area (Å²) >= 11 is 0. The van der Waals surface area contributed by atoms with Crippen LogP contribution in [0.15, 0.2) is 12.1 Å². The third-order valence-electron chi connectivity index (χ3n) is 2.99. The Kier molecular flexibility index (Phi) is 3.52. The molecule has 1 N–H and O–H groups in total. The molecule has 1 aromatic carbocycles. The van der Waals surface area contributed by atoms with Crippen molar-refractivity contribution in [2.24, 2.45) is 7.05 Å². The van der Waals surface area contributed by atoms with E-state index >= 15 is 0 Å². The van der Waals surface area contributed by atoms with Crippen molar-refractivity contribution in [1.29, 1.82) is 0 Å². The van der Waals surface area contributed by atoms with Gasteiger partial charge in [0.15, 0.2) is 17.5 Å². The highest BCUT2D eigenvalue weighted by Gasteiger charge is 2.17. The molecule has 0 spiro atoms. The number of anilines is 1. The van der Waals surface area contributed by atoms with Crippen LogP contribution < -0.4 is 5.32 Å². The average Bonchev–Trinajstić information content (AvgIpc) is 2.62. The van der Waals surface area contributed by atoms with Gasteiger partial charge in [-0.05, 0) is 26.0 Å². The molecular formula is C13H12F3N3O. The molecule has 1 heterocycles. The number of carbonyl (C=O) groups excluding carboxylic acids is 1. The number of hydrogen-bond acceptors (Lipinski definition) is 2. The van der Waals surface area contributed by atoms with E-state index in [0.717, 1.165) is 0 Å². The van der Waals surface area contributed by atoms with Crippen LogP contribution in [0.4, 0.5) is 18.9 Å². The van der Waals surface area contributed by atoms with Crippen molar-refractivity contribution in [3.8, 4) is 0 Å². The van der Waals surface area contributed by atoms with Crippen molar-refractivity contribution >= 4 is 11.6 Å². The Bertz CT molecular complexity index is 671. The van der Waals surface area contributed by atoms with Gasteiger partial charge in [0, 0.05) is 12.6 Å². The second-order valence-electron chi connectivity index (χ2n) is 4.38. The quantitative estimate of drug-likeness (QED) is 0.861. The smallest absolute Gasteiger partial charge is 0.255 e. The molecule has 1 aromatic heterocycles. The van der Waals surface area contributed by atoms with E-state index in [-0.39, 0.29) is 5.56 Å². The van der Waals surface area contributed by atoms with E-state index in [9.17, 15) is 18.0 Å². The minimum Gasteiger partial charge on any atom is -0.319 e. The summed E-state index contributed by atoms with van der Waals surface area (Å²) in [6.45, 7) is 3.43. The summed E-state index contributed by atoms with van der Waals surface area (Å²) in [5.74, 6) is -5.15. The Labute approximate surface area is 113 Å². The number of aryl methyl sites for hydroxylation is 2. The van der Waals surface area contributed by atoms with E-state index in [1.54, 1.807) is 25.6 Å². The second kappa shape index (κ2) is 4.99. The lowest BCUT2D eigenvalue weighted by atomic mass is 10.2. The SMILES string of the molecule is Cc1nn(C)c(C)c1NC(=O)c1cc(F)c(F)c(F)c1. The molecule has 0 aliphatic heterocycles. The second-order valence-corrected chi connectivity index (χ2v) is 4.38. The predicted molar refractivity (Wildman–Crippen MR) is 67.0 cm³/mol. The molecule has 0 fully saturated rings. The number of nitrogens with one attached hydrogen (secondary N) is 1. The zero-order valence-corrected chi connectivity index (χ0v) is 11.1. The Morgan fingerprint density at radius 1 is 1.20 bits per heavy atom. The van der Waals surface area contributed by atoms with Crippen LogP contribution in [0, 0.1) is 31.3 Å². The fraction of sp³-hybridized carbons (Fsp3) is 0.231. The lowest BCUT2D eigenvalue weighted by Crippen LogP contribution is -2.14. The highest BCUT2D eigenvalue weighted by Crippen LogP contribution is 2.20. The van der Waals surface area contributed by atoms with Crippen molar-refractivity contribution < 1.29 is 18.0 Å². The van der Waals surface area contributed by atoms with Gasteiger partial charge >= 0.3 is 0 Å². The van der Waals surface area contributed by atoms with Crippen molar-refractivity contribution in [1.82, 2.24) is 9.78 Å². The van der Waals surface area contributed by atoms with Gasteiger partial charge < -0.3 is 5.32 Å². The predicted octanol–water partition coefficient (Wildman–Crippen LogP) is 2.71. The molecule has 4 nitrogen and oxygen atoms in total. The van der Waals surface area contributed by atoms with Gasteiger partial charge in [-0.3, -0.25) is 9.48 Å². The molecule has 0 radical (unpaired) electrons. The normalized spacial score (nSPS) is 10.7. The summed E-state index contributed by atoms with van der Waals surface area (Å²) < 4.78 is 40.6. The zero-order valence-electron chi connectivity index (χ0n) is 11.1. The third kappa shape index (κ3) is 2.38. The van der Waals surface area contributed by atoms with E-state index in [1.165, 1.54) is 0 Å². The molecule has 2 aromatic rings. The van der Waals surface area contributed by atoms with Crippen LogP contribution in [0.1, 0.15) is 21.7 Å². The van der Waals surface area contributed by atoms with Gasteiger partial charge in [0.25, 0.3) is 5.91 Å². The maximum absolute atomic E-state index is 13.1. The molecule has 0 unspecified atom stereocenters. The van der Waals surface area contributed by atoms with E-state index in [1.807, 2.05) is 0 Å². The Morgan fingerprint density at radius 2 is 1.75 bits per heavy atom. The van der Waals surface area contributed by atoms with Crippen LogP contribution in [0.5, 0.6) is 0 Å². The first kappa shape index (κ1) is 14.1. The van der Waals surface area contributed by atoms with E-state index < -0.39 is 23.4 Å². The minimum absolute atomic E-state index is 0.302. The molecule has 0 aliphatic carbocycles. The number of halogens is 3. The molecule has 1 amide bonds. The first-order valence-corrected chi connectivity index (χ1v) is 5.77. The maximum atomic E-state index is 13.1. The van der Waals surface area contributed by atoms with Crippen LogP contribution in [-0.2, 0) is 7.05 Å². The van der Waals surface area contributed by atoms with E-state index in [4.69, 9.17) is 0 Å². The standard InChI is InChI=1S/C13H12F3N3O/c1-6-12(7(2)19(3)18-6)17-13(20)8-4-9(14)11(16)10(15)5-8/h4-5H,1-3H3,(H,17,20). The van der Waals surface area contributed by atoms with Crippen LogP contribution in [0.25, 0.3) is 0 Å². The van der Waals surface area contributed by atoms with Gasteiger partial charge in [-0.15, -0.1) is 0 Å². The van der Waals surface area contributed by atoms with Gasteiger partial charge in [-0.25, -0.2) is 13.2 Å². The summed E-state index contributed by atoms with van der Waals surface area (Å²) in [7, 11) is 1.70. The lowest BCUT2D eigenvalue weighted by molar-refractivity contribution is 0.102. The van der Waals surface area contributed by atoms with Crippen molar-refractivity contribution in [2.75, 3.05) is 5.32 Å². The summed E-state index contributed by atoms with van der Waals surface area (Å²) in [5.41, 5.74) is 1.42. The van der Waals surface area contributed by atoms with Gasteiger partial charge in [-0.1, -0.05) is 0 Å².